The summed E-state index contributed by atoms with van der Waals surface area (Å²) in [5.74, 6) is -7.17. The van der Waals surface area contributed by atoms with Crippen molar-refractivity contribution in [3.63, 3.8) is 0 Å². The first-order chi connectivity index (χ1) is 11.7. The highest BCUT2D eigenvalue weighted by Crippen LogP contribution is 2.19. The zero-order valence-electron chi connectivity index (χ0n) is 12.9. The van der Waals surface area contributed by atoms with Gasteiger partial charge in [0.05, 0.1) is 18.5 Å². The molecule has 0 aromatic heterocycles. The largest absolute Gasteiger partial charge is 0.481 e. The summed E-state index contributed by atoms with van der Waals surface area (Å²) in [5, 5.41) is 12.0. The molecule has 14 heteroatoms. The molecular formula is C12H15F6N3O5. The highest BCUT2D eigenvalue weighted by Gasteiger charge is 2.45. The number of halogens is 6. The van der Waals surface area contributed by atoms with Crippen molar-refractivity contribution in [3.05, 3.63) is 0 Å². The Balaban J connectivity index is 4.87. The molecule has 0 spiro atoms. The molecule has 1 amide bonds. The molecule has 0 rings (SSSR count). The second kappa shape index (κ2) is 9.47. The summed E-state index contributed by atoms with van der Waals surface area (Å²) in [4.78, 5) is 43.6. The first-order valence-electron chi connectivity index (χ1n) is 6.85. The lowest BCUT2D eigenvalue weighted by Gasteiger charge is -2.21. The molecule has 0 aromatic carbocycles. The number of carbonyl (C=O) groups excluding carboxylic acids is 3. The van der Waals surface area contributed by atoms with Gasteiger partial charge < -0.3 is 21.5 Å². The Labute approximate surface area is 142 Å². The van der Waals surface area contributed by atoms with Crippen LogP contribution in [0.25, 0.3) is 0 Å². The molecule has 0 aliphatic rings. The predicted octanol–water partition coefficient (Wildman–Crippen LogP) is -0.484. The summed E-state index contributed by atoms with van der Waals surface area (Å²) in [7, 11) is 0. The highest BCUT2D eigenvalue weighted by atomic mass is 19.4. The van der Waals surface area contributed by atoms with E-state index in [2.05, 4.69) is 0 Å². The highest BCUT2D eigenvalue weighted by molar-refractivity contribution is 5.91. The number of ketones is 2. The van der Waals surface area contributed by atoms with Gasteiger partial charge in [-0.15, -0.1) is 0 Å². The molecule has 0 aliphatic carbocycles. The molecule has 0 saturated carbocycles. The van der Waals surface area contributed by atoms with Crippen molar-refractivity contribution in [3.8, 4) is 0 Å². The average Bonchev–Trinajstić information content (AvgIpc) is 2.49. The predicted molar refractivity (Wildman–Crippen MR) is 71.8 cm³/mol. The van der Waals surface area contributed by atoms with E-state index >= 15 is 0 Å². The van der Waals surface area contributed by atoms with Gasteiger partial charge in [0.15, 0.2) is 0 Å². The van der Waals surface area contributed by atoms with Crippen LogP contribution in [-0.4, -0.2) is 66.1 Å². The van der Waals surface area contributed by atoms with E-state index in [1.54, 1.807) is 5.32 Å². The van der Waals surface area contributed by atoms with Crippen LogP contribution in [0.4, 0.5) is 26.3 Å². The van der Waals surface area contributed by atoms with Gasteiger partial charge >= 0.3 is 18.3 Å². The molecule has 0 bridgehead atoms. The van der Waals surface area contributed by atoms with Crippen molar-refractivity contribution < 1.29 is 50.6 Å². The third-order valence-electron chi connectivity index (χ3n) is 2.87. The number of carboxylic acid groups (broad SMARTS) is 1. The monoisotopic (exact) mass is 395 g/mol. The van der Waals surface area contributed by atoms with Crippen LogP contribution in [-0.2, 0) is 19.2 Å². The number of nitrogens with two attached hydrogens (primary N) is 1. The van der Waals surface area contributed by atoms with Crippen LogP contribution in [0.15, 0.2) is 0 Å². The van der Waals surface area contributed by atoms with Gasteiger partial charge in [-0.2, -0.15) is 26.3 Å². The first-order valence-corrected chi connectivity index (χ1v) is 6.85. The van der Waals surface area contributed by atoms with Crippen molar-refractivity contribution in [1.29, 1.82) is 0 Å². The smallest absolute Gasteiger partial charge is 0.451 e. The molecule has 2 atom stereocenters. The summed E-state index contributed by atoms with van der Waals surface area (Å²) in [5.41, 5.74) is 4.92. The molecule has 26 heavy (non-hydrogen) atoms. The van der Waals surface area contributed by atoms with Gasteiger partial charge in [-0.25, -0.2) is 0 Å². The van der Waals surface area contributed by atoms with E-state index in [4.69, 9.17) is 10.8 Å². The summed E-state index contributed by atoms with van der Waals surface area (Å²) in [6.45, 7) is -2.11. The Kier molecular flexibility index (Phi) is 8.66. The summed E-state index contributed by atoms with van der Waals surface area (Å²) < 4.78 is 74.0. The Morgan fingerprint density at radius 1 is 0.885 bits per heavy atom. The van der Waals surface area contributed by atoms with Gasteiger partial charge in [-0.1, -0.05) is 0 Å². The van der Waals surface area contributed by atoms with Crippen LogP contribution in [0, 0.1) is 0 Å². The van der Waals surface area contributed by atoms with Crippen molar-refractivity contribution in [2.45, 2.75) is 37.3 Å². The third kappa shape index (κ3) is 8.75. The molecule has 0 fully saturated rings. The molecule has 0 saturated heterocycles. The number of carboxylic acids is 1. The molecule has 8 nitrogen and oxygen atoms in total. The fraction of sp³-hybridized carbons (Fsp3) is 0.667. The van der Waals surface area contributed by atoms with E-state index in [1.807, 2.05) is 5.32 Å². The second-order valence-corrected chi connectivity index (χ2v) is 4.99. The number of nitrogens with one attached hydrogen (secondary N) is 2. The first kappa shape index (κ1) is 23.8. The minimum absolute atomic E-state index is 0.589. The Morgan fingerprint density at radius 3 is 1.81 bits per heavy atom. The fourth-order valence-electron chi connectivity index (χ4n) is 1.55. The third-order valence-corrected chi connectivity index (χ3v) is 2.87. The van der Waals surface area contributed by atoms with Gasteiger partial charge in [0, 0.05) is 19.5 Å². The minimum atomic E-state index is -5.37. The van der Waals surface area contributed by atoms with Crippen LogP contribution in [0.5, 0.6) is 0 Å². The number of aliphatic carboxylic acids is 1. The zero-order chi connectivity index (χ0) is 20.7. The molecule has 5 N–H and O–H groups in total. The Bertz CT molecular complexity index is 548. The molecule has 2 unspecified atom stereocenters. The standard InChI is InChI=1S/C12H15F6N3O5/c13-11(14,15)9(25)5(19)3-20-6(10(26)12(16,17)18)4-21-7(22)1-2-8(23)24/h5-6,20H,1-4,19H2,(H,21,22)(H,23,24). The Hall–Kier alpha value is -2.22. The lowest BCUT2D eigenvalue weighted by atomic mass is 10.1. The van der Waals surface area contributed by atoms with Crippen molar-refractivity contribution >= 4 is 23.4 Å². The summed E-state index contributed by atoms with van der Waals surface area (Å²) >= 11 is 0. The van der Waals surface area contributed by atoms with Gasteiger partial charge in [0.25, 0.3) is 11.6 Å². The normalized spacial score (nSPS) is 14.4. The minimum Gasteiger partial charge on any atom is -0.481 e. The lowest BCUT2D eigenvalue weighted by molar-refractivity contribution is -0.174. The number of amides is 1. The molecule has 0 aliphatic heterocycles. The van der Waals surface area contributed by atoms with Crippen LogP contribution in [0.2, 0.25) is 0 Å². The topological polar surface area (TPSA) is 139 Å². The van der Waals surface area contributed by atoms with E-state index in [0.717, 1.165) is 0 Å². The van der Waals surface area contributed by atoms with E-state index in [1.165, 1.54) is 0 Å². The van der Waals surface area contributed by atoms with Crippen molar-refractivity contribution in [2.75, 3.05) is 13.1 Å². The van der Waals surface area contributed by atoms with Crippen molar-refractivity contribution in [1.82, 2.24) is 10.6 Å². The van der Waals surface area contributed by atoms with Gasteiger partial charge in [-0.3, -0.25) is 19.2 Å². The SMILES string of the molecule is NC(CNC(CNC(=O)CCC(=O)O)C(=O)C(F)(F)F)C(=O)C(F)(F)F. The zero-order valence-corrected chi connectivity index (χ0v) is 12.9. The van der Waals surface area contributed by atoms with Crippen LogP contribution >= 0.6 is 0 Å². The van der Waals surface area contributed by atoms with Crippen LogP contribution in [0.1, 0.15) is 12.8 Å². The average molecular weight is 395 g/mol. The fourth-order valence-corrected chi connectivity index (χ4v) is 1.55. The Morgan fingerprint density at radius 2 is 1.38 bits per heavy atom. The number of hydrogen-bond acceptors (Lipinski definition) is 6. The summed E-state index contributed by atoms with van der Waals surface area (Å²) in [6.07, 6.45) is -11.9. The van der Waals surface area contributed by atoms with E-state index in [0.29, 0.717) is 0 Å². The number of hydrogen-bond donors (Lipinski definition) is 4. The van der Waals surface area contributed by atoms with Crippen LogP contribution < -0.4 is 16.4 Å². The molecule has 150 valence electrons. The number of alkyl halides is 6. The maximum Gasteiger partial charge on any atom is 0.451 e. The number of rotatable bonds is 10. The lowest BCUT2D eigenvalue weighted by Crippen LogP contribution is -2.55. The summed E-state index contributed by atoms with van der Waals surface area (Å²) in [6, 6.07) is -4.47. The van der Waals surface area contributed by atoms with E-state index in [-0.39, 0.29) is 0 Å². The molecule has 0 heterocycles. The molecular weight excluding hydrogens is 380 g/mol. The quantitative estimate of drug-likeness (QED) is 0.366. The van der Waals surface area contributed by atoms with Crippen LogP contribution in [0.3, 0.4) is 0 Å². The number of carbonyl (C=O) groups is 4. The van der Waals surface area contributed by atoms with Crippen molar-refractivity contribution in [2.24, 2.45) is 5.73 Å². The molecule has 0 aromatic rings. The van der Waals surface area contributed by atoms with Gasteiger partial charge in [-0.05, 0) is 0 Å². The second-order valence-electron chi connectivity index (χ2n) is 4.99. The molecule has 0 radical (unpaired) electrons. The van der Waals surface area contributed by atoms with Gasteiger partial charge in [0.1, 0.15) is 0 Å². The van der Waals surface area contributed by atoms with E-state index < -0.39 is 73.8 Å². The van der Waals surface area contributed by atoms with Gasteiger partial charge in [0.2, 0.25) is 5.91 Å². The number of Topliss-reactive ketones (excluding diaryl/α,β-unsaturated/α-hetero) is 2. The van der Waals surface area contributed by atoms with E-state index in [9.17, 15) is 45.5 Å². The maximum absolute atomic E-state index is 12.5. The maximum atomic E-state index is 12.5.